The summed E-state index contributed by atoms with van der Waals surface area (Å²) in [4.78, 5) is 2.10. The molecule has 0 saturated carbocycles. The Kier molecular flexibility index (Phi) is 2.90. The highest BCUT2D eigenvalue weighted by molar-refractivity contribution is 5.70. The van der Waals surface area contributed by atoms with Crippen LogP contribution in [-0.4, -0.2) is 12.6 Å². The smallest absolute Gasteiger partial charge is 0.0992 e. The molecule has 0 amide bonds. The van der Waals surface area contributed by atoms with E-state index < -0.39 is 0 Å². The Morgan fingerprint density at radius 1 is 1.33 bits per heavy atom. The standard InChI is InChI=1S/C12H17N3/c1-12(2,3)15(4)11-6-5-9(8-13)7-10(11)14/h5-7H,14H2,1-4H3. The average molecular weight is 203 g/mol. The number of hydrogen-bond donors (Lipinski definition) is 1. The van der Waals surface area contributed by atoms with Gasteiger partial charge in [-0.3, -0.25) is 0 Å². The van der Waals surface area contributed by atoms with Gasteiger partial charge in [0.15, 0.2) is 0 Å². The second-order valence-electron chi connectivity index (χ2n) is 4.62. The van der Waals surface area contributed by atoms with Gasteiger partial charge < -0.3 is 10.6 Å². The van der Waals surface area contributed by atoms with E-state index >= 15 is 0 Å². The van der Waals surface area contributed by atoms with Crippen molar-refractivity contribution in [3.8, 4) is 6.07 Å². The molecule has 0 spiro atoms. The zero-order valence-corrected chi connectivity index (χ0v) is 9.70. The van der Waals surface area contributed by atoms with Crippen molar-refractivity contribution in [3.05, 3.63) is 23.8 Å². The maximum atomic E-state index is 8.73. The van der Waals surface area contributed by atoms with Crippen molar-refractivity contribution in [2.45, 2.75) is 26.3 Å². The number of hydrogen-bond acceptors (Lipinski definition) is 3. The van der Waals surface area contributed by atoms with Crippen LogP contribution >= 0.6 is 0 Å². The van der Waals surface area contributed by atoms with Gasteiger partial charge in [-0.2, -0.15) is 5.26 Å². The van der Waals surface area contributed by atoms with E-state index in [9.17, 15) is 0 Å². The molecule has 1 aromatic rings. The topological polar surface area (TPSA) is 53.0 Å². The minimum atomic E-state index is 0.0162. The van der Waals surface area contributed by atoms with Gasteiger partial charge in [-0.1, -0.05) is 0 Å². The molecule has 3 nitrogen and oxygen atoms in total. The van der Waals surface area contributed by atoms with Crippen LogP contribution in [0.4, 0.5) is 11.4 Å². The molecule has 0 aliphatic carbocycles. The Morgan fingerprint density at radius 3 is 2.33 bits per heavy atom. The molecule has 0 heterocycles. The number of nitrogens with two attached hydrogens (primary N) is 1. The molecule has 0 bridgehead atoms. The number of rotatable bonds is 1. The molecule has 0 radical (unpaired) electrons. The van der Waals surface area contributed by atoms with E-state index in [4.69, 9.17) is 11.0 Å². The number of nitrogens with zero attached hydrogens (tertiary/aromatic N) is 2. The predicted octanol–water partition coefficient (Wildman–Crippen LogP) is 2.38. The van der Waals surface area contributed by atoms with Crippen LogP contribution < -0.4 is 10.6 Å². The number of benzene rings is 1. The molecule has 0 saturated heterocycles. The van der Waals surface area contributed by atoms with Gasteiger partial charge in [0, 0.05) is 12.6 Å². The molecule has 0 aliphatic rings. The second-order valence-corrected chi connectivity index (χ2v) is 4.62. The van der Waals surface area contributed by atoms with Gasteiger partial charge in [0.2, 0.25) is 0 Å². The van der Waals surface area contributed by atoms with Crippen LogP contribution in [0, 0.1) is 11.3 Å². The summed E-state index contributed by atoms with van der Waals surface area (Å²) in [7, 11) is 2.00. The van der Waals surface area contributed by atoms with Crippen molar-refractivity contribution < 1.29 is 0 Å². The Morgan fingerprint density at radius 2 is 1.93 bits per heavy atom. The fourth-order valence-electron chi connectivity index (χ4n) is 1.29. The quantitative estimate of drug-likeness (QED) is 0.713. The molecule has 0 fully saturated rings. The van der Waals surface area contributed by atoms with Crippen molar-refractivity contribution >= 4 is 11.4 Å². The van der Waals surface area contributed by atoms with Crippen LogP contribution in [0.15, 0.2) is 18.2 Å². The lowest BCUT2D eigenvalue weighted by molar-refractivity contribution is 0.539. The van der Waals surface area contributed by atoms with Crippen LogP contribution in [0.25, 0.3) is 0 Å². The molecular formula is C12H17N3. The minimum absolute atomic E-state index is 0.0162. The van der Waals surface area contributed by atoms with Crippen molar-refractivity contribution in [2.75, 3.05) is 17.7 Å². The Balaban J connectivity index is 3.13. The SMILES string of the molecule is CN(c1ccc(C#N)cc1N)C(C)(C)C. The summed E-state index contributed by atoms with van der Waals surface area (Å²) in [6.45, 7) is 6.35. The lowest BCUT2D eigenvalue weighted by atomic mass is 10.0. The third-order valence-corrected chi connectivity index (χ3v) is 2.52. The van der Waals surface area contributed by atoms with Crippen molar-refractivity contribution in [1.29, 1.82) is 5.26 Å². The van der Waals surface area contributed by atoms with E-state index in [0.29, 0.717) is 11.3 Å². The van der Waals surface area contributed by atoms with Gasteiger partial charge in [0.1, 0.15) is 0 Å². The van der Waals surface area contributed by atoms with Gasteiger partial charge in [0.25, 0.3) is 0 Å². The molecule has 0 aromatic heterocycles. The highest BCUT2D eigenvalue weighted by Crippen LogP contribution is 2.28. The molecule has 15 heavy (non-hydrogen) atoms. The monoisotopic (exact) mass is 203 g/mol. The van der Waals surface area contributed by atoms with Crippen LogP contribution in [0.2, 0.25) is 0 Å². The maximum Gasteiger partial charge on any atom is 0.0992 e. The van der Waals surface area contributed by atoms with E-state index in [2.05, 4.69) is 31.7 Å². The summed E-state index contributed by atoms with van der Waals surface area (Å²) in [6.07, 6.45) is 0. The predicted molar refractivity (Wildman–Crippen MR) is 63.7 cm³/mol. The Bertz CT molecular complexity index is 396. The van der Waals surface area contributed by atoms with E-state index in [1.807, 2.05) is 13.1 Å². The zero-order valence-electron chi connectivity index (χ0n) is 9.70. The lowest BCUT2D eigenvalue weighted by Crippen LogP contribution is -2.38. The third-order valence-electron chi connectivity index (χ3n) is 2.52. The van der Waals surface area contributed by atoms with Gasteiger partial charge in [-0.05, 0) is 39.0 Å². The summed E-state index contributed by atoms with van der Waals surface area (Å²) < 4.78 is 0. The van der Waals surface area contributed by atoms with Crippen LogP contribution in [0.1, 0.15) is 26.3 Å². The normalized spacial score (nSPS) is 10.9. The molecule has 0 unspecified atom stereocenters. The van der Waals surface area contributed by atoms with Crippen LogP contribution in [0.3, 0.4) is 0 Å². The summed E-state index contributed by atoms with van der Waals surface area (Å²) >= 11 is 0. The number of nitrogen functional groups attached to an aromatic ring is 1. The first-order chi connectivity index (χ1) is 6.86. The number of anilines is 2. The first-order valence-electron chi connectivity index (χ1n) is 4.89. The molecule has 2 N–H and O–H groups in total. The molecule has 0 atom stereocenters. The summed E-state index contributed by atoms with van der Waals surface area (Å²) in [5.74, 6) is 0. The minimum Gasteiger partial charge on any atom is -0.397 e. The second kappa shape index (κ2) is 3.82. The van der Waals surface area contributed by atoms with Crippen LogP contribution in [-0.2, 0) is 0 Å². The Labute approximate surface area is 91.1 Å². The van der Waals surface area contributed by atoms with Crippen molar-refractivity contribution in [2.24, 2.45) is 0 Å². The third kappa shape index (κ3) is 2.41. The van der Waals surface area contributed by atoms with E-state index in [-0.39, 0.29) is 5.54 Å². The number of nitriles is 1. The summed E-state index contributed by atoms with van der Waals surface area (Å²) in [5, 5.41) is 8.73. The van der Waals surface area contributed by atoms with E-state index in [1.165, 1.54) is 0 Å². The fourth-order valence-corrected chi connectivity index (χ4v) is 1.29. The van der Waals surface area contributed by atoms with Crippen molar-refractivity contribution in [1.82, 2.24) is 0 Å². The largest absolute Gasteiger partial charge is 0.397 e. The summed E-state index contributed by atoms with van der Waals surface area (Å²) in [5.41, 5.74) is 8.12. The van der Waals surface area contributed by atoms with Gasteiger partial charge in [0.05, 0.1) is 23.0 Å². The molecule has 1 aromatic carbocycles. The lowest BCUT2D eigenvalue weighted by Gasteiger charge is -2.34. The highest BCUT2D eigenvalue weighted by Gasteiger charge is 2.19. The first-order valence-corrected chi connectivity index (χ1v) is 4.89. The van der Waals surface area contributed by atoms with Crippen molar-refractivity contribution in [3.63, 3.8) is 0 Å². The fraction of sp³-hybridized carbons (Fsp3) is 0.417. The van der Waals surface area contributed by atoms with Gasteiger partial charge in [-0.15, -0.1) is 0 Å². The average Bonchev–Trinajstić information content (AvgIpc) is 2.15. The highest BCUT2D eigenvalue weighted by atomic mass is 15.2. The molecular weight excluding hydrogens is 186 g/mol. The van der Waals surface area contributed by atoms with E-state index in [1.54, 1.807) is 12.1 Å². The Hall–Kier alpha value is -1.69. The first kappa shape index (κ1) is 11.4. The molecule has 80 valence electrons. The summed E-state index contributed by atoms with van der Waals surface area (Å²) in [6, 6.07) is 7.45. The zero-order chi connectivity index (χ0) is 11.6. The van der Waals surface area contributed by atoms with Gasteiger partial charge in [-0.25, -0.2) is 0 Å². The molecule has 0 aliphatic heterocycles. The van der Waals surface area contributed by atoms with Gasteiger partial charge >= 0.3 is 0 Å². The molecule has 3 heteroatoms. The maximum absolute atomic E-state index is 8.73. The van der Waals surface area contributed by atoms with E-state index in [0.717, 1.165) is 5.69 Å². The molecule has 1 rings (SSSR count). The van der Waals surface area contributed by atoms with Crippen LogP contribution in [0.5, 0.6) is 0 Å².